The first-order valence-corrected chi connectivity index (χ1v) is 22.2. The monoisotopic (exact) mass is 794 g/mol. The molecule has 0 fully saturated rings. The van der Waals surface area contributed by atoms with Gasteiger partial charge in [-0.3, -0.25) is 0 Å². The van der Waals surface area contributed by atoms with Crippen LogP contribution < -0.4 is 0 Å². The maximum Gasteiger partial charge on any atom is 0.0355 e. The van der Waals surface area contributed by atoms with Gasteiger partial charge in [0.15, 0.2) is 0 Å². The molecule has 2 heterocycles. The van der Waals surface area contributed by atoms with E-state index in [1.807, 2.05) is 22.7 Å². The summed E-state index contributed by atoms with van der Waals surface area (Å²) in [5.74, 6) is 0. The fraction of sp³-hybridized carbons (Fsp3) is 0. The van der Waals surface area contributed by atoms with Crippen LogP contribution in [0.2, 0.25) is 0 Å². The summed E-state index contributed by atoms with van der Waals surface area (Å²) in [7, 11) is 0. The second-order valence-corrected chi connectivity index (χ2v) is 18.1. The zero-order valence-corrected chi connectivity index (χ0v) is 34.1. The van der Waals surface area contributed by atoms with Crippen LogP contribution in [0.3, 0.4) is 0 Å². The number of rotatable bonds is 4. The fourth-order valence-corrected chi connectivity index (χ4v) is 12.0. The van der Waals surface area contributed by atoms with E-state index in [1.165, 1.54) is 128 Å². The lowest BCUT2D eigenvalue weighted by atomic mass is 9.79. The second kappa shape index (κ2) is 13.2. The molecule has 0 spiro atoms. The van der Waals surface area contributed by atoms with Crippen molar-refractivity contribution < 1.29 is 0 Å². The van der Waals surface area contributed by atoms with Crippen LogP contribution in [0.1, 0.15) is 0 Å². The highest BCUT2D eigenvalue weighted by Crippen LogP contribution is 2.52. The molecule has 0 saturated carbocycles. The predicted octanol–water partition coefficient (Wildman–Crippen LogP) is 17.7. The quantitative estimate of drug-likeness (QED) is 0.156. The standard InChI is InChI=1S/C58H34S2/c1-3-13-37-31-41(23-21-35(37)11-1)55-47-17-5-6-18-48(47)56(42-24-22-36-12-2-4-14-38(36)32-42)58-44(40-26-30-54-50(34-40)46-16-8-10-20-52(46)60-54)28-27-43(57(55)58)39-25-29-53-49(33-39)45-15-7-9-19-51(45)59-53/h1-34H. The first kappa shape index (κ1) is 33.8. The van der Waals surface area contributed by atoms with Gasteiger partial charge < -0.3 is 0 Å². The van der Waals surface area contributed by atoms with Crippen LogP contribution in [-0.2, 0) is 0 Å². The molecule has 2 aromatic heterocycles. The Morgan fingerprint density at radius 2 is 0.600 bits per heavy atom. The minimum atomic E-state index is 1.22. The molecule has 0 aliphatic heterocycles. The van der Waals surface area contributed by atoms with Gasteiger partial charge in [-0.05, 0) is 136 Å². The van der Waals surface area contributed by atoms with E-state index in [9.17, 15) is 0 Å². The highest BCUT2D eigenvalue weighted by molar-refractivity contribution is 7.26. The molecule has 0 aliphatic rings. The minimum absolute atomic E-state index is 1.22. The zero-order valence-electron chi connectivity index (χ0n) is 32.4. The van der Waals surface area contributed by atoms with E-state index in [1.54, 1.807) is 0 Å². The minimum Gasteiger partial charge on any atom is -0.135 e. The summed E-state index contributed by atoms with van der Waals surface area (Å²) in [6.07, 6.45) is 0. The predicted molar refractivity (Wildman–Crippen MR) is 264 cm³/mol. The molecule has 0 N–H and O–H groups in total. The van der Waals surface area contributed by atoms with Crippen LogP contribution in [0.4, 0.5) is 0 Å². The Hall–Kier alpha value is -7.10. The third-order valence-electron chi connectivity index (χ3n) is 12.6. The summed E-state index contributed by atoms with van der Waals surface area (Å²) in [5.41, 5.74) is 9.91. The van der Waals surface area contributed by atoms with Crippen LogP contribution >= 0.6 is 22.7 Å². The molecule has 0 atom stereocenters. The third-order valence-corrected chi connectivity index (χ3v) is 14.9. The number of fused-ring (bicyclic) bond motifs is 10. The molecule has 60 heavy (non-hydrogen) atoms. The van der Waals surface area contributed by atoms with Crippen molar-refractivity contribution in [1.29, 1.82) is 0 Å². The number of hydrogen-bond acceptors (Lipinski definition) is 2. The molecule has 2 heteroatoms. The van der Waals surface area contributed by atoms with Crippen molar-refractivity contribution in [3.63, 3.8) is 0 Å². The van der Waals surface area contributed by atoms with Crippen LogP contribution in [0.15, 0.2) is 206 Å². The van der Waals surface area contributed by atoms with Gasteiger partial charge in [-0.25, -0.2) is 0 Å². The first-order chi connectivity index (χ1) is 29.7. The number of thiophene rings is 2. The summed E-state index contributed by atoms with van der Waals surface area (Å²) in [5, 5.41) is 15.3. The molecule has 0 saturated heterocycles. The van der Waals surface area contributed by atoms with Crippen LogP contribution in [-0.4, -0.2) is 0 Å². The van der Waals surface area contributed by atoms with E-state index in [2.05, 4.69) is 206 Å². The summed E-state index contributed by atoms with van der Waals surface area (Å²) < 4.78 is 5.27. The molecular formula is C58H34S2. The van der Waals surface area contributed by atoms with Crippen molar-refractivity contribution in [3.05, 3.63) is 206 Å². The van der Waals surface area contributed by atoms with Crippen molar-refractivity contribution in [2.75, 3.05) is 0 Å². The van der Waals surface area contributed by atoms with Gasteiger partial charge >= 0.3 is 0 Å². The van der Waals surface area contributed by atoms with E-state index in [0.29, 0.717) is 0 Å². The topological polar surface area (TPSA) is 0 Å². The van der Waals surface area contributed by atoms with Gasteiger partial charge in [-0.2, -0.15) is 0 Å². The van der Waals surface area contributed by atoms with Crippen molar-refractivity contribution in [1.82, 2.24) is 0 Å². The molecule has 278 valence electrons. The van der Waals surface area contributed by atoms with Gasteiger partial charge in [0, 0.05) is 40.3 Å². The van der Waals surface area contributed by atoms with Gasteiger partial charge in [-0.1, -0.05) is 158 Å². The summed E-state index contributed by atoms with van der Waals surface area (Å²) in [4.78, 5) is 0. The molecule has 13 rings (SSSR count). The van der Waals surface area contributed by atoms with E-state index in [-0.39, 0.29) is 0 Å². The summed E-state index contributed by atoms with van der Waals surface area (Å²) in [6.45, 7) is 0. The Balaban J connectivity index is 1.24. The van der Waals surface area contributed by atoms with E-state index >= 15 is 0 Å². The highest BCUT2D eigenvalue weighted by atomic mass is 32.1. The average molecular weight is 795 g/mol. The Bertz CT molecular complexity index is 3640. The number of benzene rings is 11. The average Bonchev–Trinajstić information content (AvgIpc) is 3.88. The molecule has 13 aromatic rings. The Labute approximate surface area is 354 Å². The maximum absolute atomic E-state index is 2.45. The van der Waals surface area contributed by atoms with Crippen molar-refractivity contribution in [2.24, 2.45) is 0 Å². The molecule has 0 nitrogen and oxygen atoms in total. The molecule has 0 radical (unpaired) electrons. The fourth-order valence-electron chi connectivity index (χ4n) is 9.87. The van der Waals surface area contributed by atoms with Gasteiger partial charge in [0.25, 0.3) is 0 Å². The zero-order chi connectivity index (χ0) is 39.3. The summed E-state index contributed by atoms with van der Waals surface area (Å²) in [6, 6.07) is 77.5. The van der Waals surface area contributed by atoms with Crippen molar-refractivity contribution in [3.8, 4) is 44.5 Å². The van der Waals surface area contributed by atoms with E-state index in [4.69, 9.17) is 0 Å². The van der Waals surface area contributed by atoms with E-state index in [0.717, 1.165) is 0 Å². The van der Waals surface area contributed by atoms with Crippen LogP contribution in [0.25, 0.3) is 128 Å². The largest absolute Gasteiger partial charge is 0.135 e. The molecule has 0 amide bonds. The first-order valence-electron chi connectivity index (χ1n) is 20.6. The SMILES string of the molecule is c1ccc2cc(-c3c4ccccc4c(-c4ccc5ccccc5c4)c4c(-c5ccc6sc7ccccc7c6c5)ccc(-c5ccc6sc7ccccc7c6c5)c34)ccc2c1. The smallest absolute Gasteiger partial charge is 0.0355 e. The van der Waals surface area contributed by atoms with Crippen molar-refractivity contribution in [2.45, 2.75) is 0 Å². The summed E-state index contributed by atoms with van der Waals surface area (Å²) >= 11 is 3.75. The molecule has 0 aliphatic carbocycles. The molecule has 11 aromatic carbocycles. The van der Waals surface area contributed by atoms with Crippen molar-refractivity contribution >= 4 is 106 Å². The van der Waals surface area contributed by atoms with Gasteiger partial charge in [0.1, 0.15) is 0 Å². The normalized spacial score (nSPS) is 12.0. The molecule has 0 bridgehead atoms. The van der Waals surface area contributed by atoms with Crippen LogP contribution in [0, 0.1) is 0 Å². The second-order valence-electron chi connectivity index (χ2n) is 15.9. The van der Waals surface area contributed by atoms with Crippen LogP contribution in [0.5, 0.6) is 0 Å². The number of hydrogen-bond donors (Lipinski definition) is 0. The maximum atomic E-state index is 2.45. The van der Waals surface area contributed by atoms with Gasteiger partial charge in [0.2, 0.25) is 0 Å². The van der Waals surface area contributed by atoms with Gasteiger partial charge in [0.05, 0.1) is 0 Å². The Morgan fingerprint density at radius 3 is 1.07 bits per heavy atom. The third kappa shape index (κ3) is 5.15. The molecule has 0 unspecified atom stereocenters. The Kier molecular flexibility index (Phi) is 7.45. The van der Waals surface area contributed by atoms with E-state index < -0.39 is 0 Å². The lowest BCUT2D eigenvalue weighted by molar-refractivity contribution is 1.65. The Morgan fingerprint density at radius 1 is 0.233 bits per heavy atom. The van der Waals surface area contributed by atoms with Gasteiger partial charge in [-0.15, -0.1) is 22.7 Å². The highest BCUT2D eigenvalue weighted by Gasteiger charge is 2.24. The lowest BCUT2D eigenvalue weighted by Crippen LogP contribution is -1.96. The molecular weight excluding hydrogens is 761 g/mol. The lowest BCUT2D eigenvalue weighted by Gasteiger charge is -2.23.